The molecular formula is C27H32N2O5. The number of fused-ring (bicyclic) bond motifs is 3. The Hall–Kier alpha value is -3.35. The predicted octanol–water partition coefficient (Wildman–Crippen LogP) is 4.41. The van der Waals surface area contributed by atoms with Crippen LogP contribution in [-0.4, -0.2) is 53.7 Å². The first kappa shape index (κ1) is 23.8. The van der Waals surface area contributed by atoms with Crippen LogP contribution in [0.2, 0.25) is 0 Å². The van der Waals surface area contributed by atoms with Crippen LogP contribution < -0.4 is 5.32 Å². The van der Waals surface area contributed by atoms with Gasteiger partial charge in [0.15, 0.2) is 0 Å². The maximum atomic E-state index is 12.9. The van der Waals surface area contributed by atoms with Gasteiger partial charge in [-0.2, -0.15) is 0 Å². The lowest BCUT2D eigenvalue weighted by Crippen LogP contribution is -2.47. The van der Waals surface area contributed by atoms with Crippen LogP contribution >= 0.6 is 0 Å². The van der Waals surface area contributed by atoms with E-state index in [9.17, 15) is 19.5 Å². The SMILES string of the molecule is CCC(C(=O)O)N(C)C(=O)[C@@H]1CCC[C@H](NC(=O)OCC2c3ccccc3-c3ccccc32)C1. The van der Waals surface area contributed by atoms with Crippen molar-refractivity contribution in [2.24, 2.45) is 5.92 Å². The number of carboxylic acid groups (broad SMARTS) is 1. The lowest BCUT2D eigenvalue weighted by atomic mass is 9.84. The van der Waals surface area contributed by atoms with Crippen molar-refractivity contribution in [3.8, 4) is 11.1 Å². The van der Waals surface area contributed by atoms with Crippen molar-refractivity contribution in [3.63, 3.8) is 0 Å². The second-order valence-electron chi connectivity index (χ2n) is 9.24. The largest absolute Gasteiger partial charge is 0.480 e. The lowest BCUT2D eigenvalue weighted by Gasteiger charge is -2.33. The van der Waals surface area contributed by atoms with Crippen LogP contribution in [0.1, 0.15) is 56.1 Å². The van der Waals surface area contributed by atoms with E-state index in [0.717, 1.165) is 24.0 Å². The number of hydrogen-bond acceptors (Lipinski definition) is 4. The van der Waals surface area contributed by atoms with Crippen LogP contribution in [0, 0.1) is 5.92 Å². The highest BCUT2D eigenvalue weighted by molar-refractivity contribution is 5.85. The summed E-state index contributed by atoms with van der Waals surface area (Å²) >= 11 is 0. The molecule has 0 spiro atoms. The van der Waals surface area contributed by atoms with Gasteiger partial charge in [0.05, 0.1) is 0 Å². The molecule has 0 aliphatic heterocycles. The van der Waals surface area contributed by atoms with E-state index in [1.807, 2.05) is 24.3 Å². The fraction of sp³-hybridized carbons (Fsp3) is 0.444. The smallest absolute Gasteiger partial charge is 0.407 e. The first-order valence-electron chi connectivity index (χ1n) is 12.0. The summed E-state index contributed by atoms with van der Waals surface area (Å²) in [6.07, 6.45) is 2.62. The molecule has 2 aromatic rings. The molecule has 2 aliphatic rings. The third-order valence-electron chi connectivity index (χ3n) is 7.18. The van der Waals surface area contributed by atoms with Gasteiger partial charge in [0, 0.05) is 24.9 Å². The number of likely N-dealkylation sites (N-methyl/N-ethyl adjacent to an activating group) is 1. The third kappa shape index (κ3) is 4.79. The zero-order valence-corrected chi connectivity index (χ0v) is 19.7. The van der Waals surface area contributed by atoms with Gasteiger partial charge >= 0.3 is 12.1 Å². The molecule has 0 saturated heterocycles. The third-order valence-corrected chi connectivity index (χ3v) is 7.18. The van der Waals surface area contributed by atoms with E-state index in [4.69, 9.17) is 4.74 Å². The minimum Gasteiger partial charge on any atom is -0.480 e. The Labute approximate surface area is 200 Å². The van der Waals surface area contributed by atoms with Gasteiger partial charge in [-0.3, -0.25) is 4.79 Å². The van der Waals surface area contributed by atoms with Gasteiger partial charge < -0.3 is 20.1 Å². The average molecular weight is 465 g/mol. The molecule has 0 heterocycles. The Morgan fingerprint density at radius 1 is 1.06 bits per heavy atom. The summed E-state index contributed by atoms with van der Waals surface area (Å²) in [5.41, 5.74) is 4.67. The highest BCUT2D eigenvalue weighted by Gasteiger charge is 2.34. The summed E-state index contributed by atoms with van der Waals surface area (Å²) in [5, 5.41) is 12.3. The lowest BCUT2D eigenvalue weighted by molar-refractivity contribution is -0.151. The van der Waals surface area contributed by atoms with Crippen molar-refractivity contribution in [2.75, 3.05) is 13.7 Å². The van der Waals surface area contributed by atoms with E-state index < -0.39 is 18.1 Å². The maximum Gasteiger partial charge on any atom is 0.407 e. The number of benzene rings is 2. The van der Waals surface area contributed by atoms with Crippen LogP contribution in [0.15, 0.2) is 48.5 Å². The van der Waals surface area contributed by atoms with Crippen LogP contribution in [0.5, 0.6) is 0 Å². The molecule has 0 radical (unpaired) electrons. The standard InChI is InChI=1S/C27H32N2O5/c1-3-24(26(31)32)29(2)25(30)17-9-8-10-18(15-17)28-27(33)34-16-23-21-13-6-4-11-19(21)20-12-5-7-14-22(20)23/h4-7,11-14,17-18,23-24H,3,8-10,15-16H2,1-2H3,(H,28,33)(H,31,32)/t17-,18+,24?/m1/s1. The summed E-state index contributed by atoms with van der Waals surface area (Å²) in [4.78, 5) is 38.3. The van der Waals surface area contributed by atoms with Gasteiger partial charge in [0.2, 0.25) is 5.91 Å². The van der Waals surface area contributed by atoms with E-state index in [-0.39, 0.29) is 30.4 Å². The predicted molar refractivity (Wildman–Crippen MR) is 128 cm³/mol. The van der Waals surface area contributed by atoms with Crippen LogP contribution in [0.3, 0.4) is 0 Å². The fourth-order valence-electron chi connectivity index (χ4n) is 5.41. The van der Waals surface area contributed by atoms with Gasteiger partial charge in [0.25, 0.3) is 0 Å². The molecule has 2 aliphatic carbocycles. The molecule has 0 bridgehead atoms. The topological polar surface area (TPSA) is 95.9 Å². The number of aliphatic carboxylic acids is 1. The summed E-state index contributed by atoms with van der Waals surface area (Å²) in [6.45, 7) is 2.00. The van der Waals surface area contributed by atoms with Gasteiger partial charge in [-0.15, -0.1) is 0 Å². The number of alkyl carbamates (subject to hydrolysis) is 1. The first-order chi connectivity index (χ1) is 16.4. The van der Waals surface area contributed by atoms with Gasteiger partial charge in [-0.25, -0.2) is 9.59 Å². The molecular weight excluding hydrogens is 432 g/mol. The molecule has 180 valence electrons. The summed E-state index contributed by atoms with van der Waals surface area (Å²) in [7, 11) is 1.55. The van der Waals surface area contributed by atoms with Crippen molar-refractivity contribution in [1.29, 1.82) is 0 Å². The highest BCUT2D eigenvalue weighted by atomic mass is 16.5. The van der Waals surface area contributed by atoms with Gasteiger partial charge in [0.1, 0.15) is 12.6 Å². The molecule has 1 saturated carbocycles. The van der Waals surface area contributed by atoms with Crippen molar-refractivity contribution in [3.05, 3.63) is 59.7 Å². The van der Waals surface area contributed by atoms with Crippen molar-refractivity contribution in [1.82, 2.24) is 10.2 Å². The first-order valence-corrected chi connectivity index (χ1v) is 12.0. The maximum absolute atomic E-state index is 12.9. The van der Waals surface area contributed by atoms with E-state index in [2.05, 4.69) is 29.6 Å². The van der Waals surface area contributed by atoms with E-state index in [0.29, 0.717) is 19.3 Å². The summed E-state index contributed by atoms with van der Waals surface area (Å²) in [6, 6.07) is 15.4. The molecule has 1 unspecified atom stereocenters. The Bertz CT molecular complexity index is 1020. The second-order valence-corrected chi connectivity index (χ2v) is 9.24. The molecule has 3 atom stereocenters. The number of amides is 2. The van der Waals surface area contributed by atoms with Crippen LogP contribution in [0.4, 0.5) is 4.79 Å². The number of rotatable bonds is 7. The second kappa shape index (κ2) is 10.3. The number of hydrogen-bond donors (Lipinski definition) is 2. The van der Waals surface area contributed by atoms with Crippen molar-refractivity contribution < 1.29 is 24.2 Å². The Morgan fingerprint density at radius 3 is 2.26 bits per heavy atom. The van der Waals surface area contributed by atoms with Crippen LogP contribution in [-0.2, 0) is 14.3 Å². The molecule has 7 heteroatoms. The zero-order valence-electron chi connectivity index (χ0n) is 19.7. The quantitative estimate of drug-likeness (QED) is 0.633. The number of carboxylic acids is 1. The van der Waals surface area contributed by atoms with E-state index in [1.54, 1.807) is 14.0 Å². The monoisotopic (exact) mass is 464 g/mol. The molecule has 4 rings (SSSR count). The van der Waals surface area contributed by atoms with Crippen molar-refractivity contribution >= 4 is 18.0 Å². The molecule has 7 nitrogen and oxygen atoms in total. The van der Waals surface area contributed by atoms with Crippen molar-refractivity contribution in [2.45, 2.75) is 57.0 Å². The van der Waals surface area contributed by atoms with E-state index in [1.165, 1.54) is 16.0 Å². The molecule has 0 aromatic heterocycles. The highest BCUT2D eigenvalue weighted by Crippen LogP contribution is 2.44. The summed E-state index contributed by atoms with van der Waals surface area (Å²) < 4.78 is 5.65. The van der Waals surface area contributed by atoms with Crippen LogP contribution in [0.25, 0.3) is 11.1 Å². The molecule has 2 amide bonds. The Kier molecular flexibility index (Phi) is 7.20. The number of carbonyl (C=O) groups excluding carboxylic acids is 2. The normalized spacial score (nSPS) is 20.1. The minimum absolute atomic E-state index is 0.00511. The number of carbonyl (C=O) groups is 3. The minimum atomic E-state index is -0.998. The molecule has 34 heavy (non-hydrogen) atoms. The average Bonchev–Trinajstić information content (AvgIpc) is 3.16. The fourth-order valence-corrected chi connectivity index (χ4v) is 5.41. The number of nitrogens with one attached hydrogen (secondary N) is 1. The Balaban J connectivity index is 1.34. The molecule has 2 N–H and O–H groups in total. The van der Waals surface area contributed by atoms with Gasteiger partial charge in [-0.05, 0) is 47.9 Å². The number of ether oxygens (including phenoxy) is 1. The van der Waals surface area contributed by atoms with E-state index >= 15 is 0 Å². The molecule has 1 fully saturated rings. The zero-order chi connectivity index (χ0) is 24.2. The number of nitrogens with zero attached hydrogens (tertiary/aromatic N) is 1. The Morgan fingerprint density at radius 2 is 1.68 bits per heavy atom. The van der Waals surface area contributed by atoms with Gasteiger partial charge in [-0.1, -0.05) is 61.9 Å². The summed E-state index contributed by atoms with van der Waals surface area (Å²) in [5.74, 6) is -1.48. The molecule has 2 aromatic carbocycles.